The highest BCUT2D eigenvalue weighted by Gasteiger charge is 2.30. The molecule has 10 heteroatoms. The number of carbonyl (C=O) groups is 1. The minimum absolute atomic E-state index is 0.0116. The van der Waals surface area contributed by atoms with Crippen LogP contribution >= 0.6 is 11.8 Å². The van der Waals surface area contributed by atoms with E-state index in [0.717, 1.165) is 37.8 Å². The summed E-state index contributed by atoms with van der Waals surface area (Å²) in [5.74, 6) is -0.821. The third kappa shape index (κ3) is 11.1. The van der Waals surface area contributed by atoms with Gasteiger partial charge < -0.3 is 5.11 Å². The first-order valence-electron chi connectivity index (χ1n) is 10.9. The zero-order chi connectivity index (χ0) is 25.7. The fourth-order valence-electron chi connectivity index (χ4n) is 2.97. The van der Waals surface area contributed by atoms with E-state index in [2.05, 4.69) is 37.6 Å². The van der Waals surface area contributed by atoms with Crippen LogP contribution in [0.1, 0.15) is 53.4 Å². The fraction of sp³-hybridized carbons (Fsp3) is 0.458. The van der Waals surface area contributed by atoms with E-state index in [4.69, 9.17) is 0 Å². The van der Waals surface area contributed by atoms with Crippen molar-refractivity contribution in [2.75, 3.05) is 11.5 Å². The molecule has 2 N–H and O–H groups in total. The lowest BCUT2D eigenvalue weighted by molar-refractivity contribution is -0.387. The molecule has 1 aromatic carbocycles. The zero-order valence-corrected chi connectivity index (χ0v) is 21.7. The van der Waals surface area contributed by atoms with Gasteiger partial charge in [0.2, 0.25) is 10.0 Å². The molecule has 1 aromatic rings. The van der Waals surface area contributed by atoms with Crippen LogP contribution in [0.5, 0.6) is 0 Å². The monoisotopic (exact) mass is 510 g/mol. The molecular formula is C24H34N2O6S2. The Labute approximate surface area is 206 Å². The van der Waals surface area contributed by atoms with Gasteiger partial charge in [0, 0.05) is 17.6 Å². The Morgan fingerprint density at radius 2 is 1.68 bits per heavy atom. The molecule has 1 atom stereocenters. The van der Waals surface area contributed by atoms with E-state index in [1.807, 2.05) is 13.0 Å². The van der Waals surface area contributed by atoms with Crippen molar-refractivity contribution in [3.63, 3.8) is 0 Å². The standard InChI is InChI=1S/C24H34N2O6S2/c1-18(2)9-7-10-19(3)11-8-12-20(4)15-16-33-17-21(24(27)28)25-34(31,32)23-14-6-5-13-22(23)26(29)30/h5-6,9,11,13-15,21,25H,7-8,10,12,16-17H2,1-4H3,(H,27,28)/b19-11+,20-15+/t21-/m0/s1. The lowest BCUT2D eigenvalue weighted by Gasteiger charge is -2.14. The van der Waals surface area contributed by atoms with Gasteiger partial charge in [0.1, 0.15) is 6.04 Å². The van der Waals surface area contributed by atoms with E-state index >= 15 is 0 Å². The van der Waals surface area contributed by atoms with Crippen LogP contribution in [0.3, 0.4) is 0 Å². The van der Waals surface area contributed by atoms with Crippen LogP contribution < -0.4 is 4.72 Å². The summed E-state index contributed by atoms with van der Waals surface area (Å²) in [6.07, 6.45) is 10.4. The van der Waals surface area contributed by atoms with Crippen LogP contribution in [0.25, 0.3) is 0 Å². The second-order valence-electron chi connectivity index (χ2n) is 8.23. The lowest BCUT2D eigenvalue weighted by Crippen LogP contribution is -2.42. The zero-order valence-electron chi connectivity index (χ0n) is 20.1. The van der Waals surface area contributed by atoms with Crippen molar-refractivity contribution in [1.29, 1.82) is 0 Å². The van der Waals surface area contributed by atoms with Crippen LogP contribution in [-0.4, -0.2) is 42.0 Å². The average Bonchev–Trinajstić information content (AvgIpc) is 2.75. The van der Waals surface area contributed by atoms with Gasteiger partial charge in [-0.15, -0.1) is 0 Å². The quantitative estimate of drug-likeness (QED) is 0.138. The molecule has 188 valence electrons. The van der Waals surface area contributed by atoms with E-state index in [9.17, 15) is 28.4 Å². The van der Waals surface area contributed by atoms with Gasteiger partial charge in [-0.1, -0.05) is 47.1 Å². The predicted molar refractivity (Wildman–Crippen MR) is 138 cm³/mol. The predicted octanol–water partition coefficient (Wildman–Crippen LogP) is 5.48. The first kappa shape index (κ1) is 29.6. The molecule has 0 aliphatic rings. The van der Waals surface area contributed by atoms with Crippen molar-refractivity contribution in [3.05, 3.63) is 69.3 Å². The number of para-hydroxylation sites is 1. The number of hydrogen-bond donors (Lipinski definition) is 2. The Morgan fingerprint density at radius 3 is 2.26 bits per heavy atom. The number of carboxylic acids is 1. The number of sulfonamides is 1. The van der Waals surface area contributed by atoms with Gasteiger partial charge in [-0.05, 0) is 59.4 Å². The topological polar surface area (TPSA) is 127 Å². The lowest BCUT2D eigenvalue weighted by atomic mass is 10.1. The number of thioether (sulfide) groups is 1. The Bertz CT molecular complexity index is 1040. The highest BCUT2D eigenvalue weighted by atomic mass is 32.2. The molecule has 0 heterocycles. The summed E-state index contributed by atoms with van der Waals surface area (Å²) >= 11 is 1.28. The van der Waals surface area contributed by atoms with E-state index < -0.39 is 37.5 Å². The molecule has 0 saturated heterocycles. The van der Waals surface area contributed by atoms with Crippen molar-refractivity contribution in [1.82, 2.24) is 4.72 Å². The van der Waals surface area contributed by atoms with Gasteiger partial charge in [0.25, 0.3) is 5.69 Å². The number of aliphatic carboxylic acids is 1. The van der Waals surface area contributed by atoms with Crippen molar-refractivity contribution >= 4 is 33.4 Å². The summed E-state index contributed by atoms with van der Waals surface area (Å²) in [6, 6.07) is 3.43. The summed E-state index contributed by atoms with van der Waals surface area (Å²) in [7, 11) is -4.38. The van der Waals surface area contributed by atoms with Gasteiger partial charge in [-0.2, -0.15) is 16.5 Å². The highest BCUT2D eigenvalue weighted by molar-refractivity contribution is 7.99. The molecule has 8 nitrogen and oxygen atoms in total. The van der Waals surface area contributed by atoms with Crippen LogP contribution in [-0.2, 0) is 14.8 Å². The molecule has 0 amide bonds. The van der Waals surface area contributed by atoms with Crippen LogP contribution in [0, 0.1) is 10.1 Å². The first-order chi connectivity index (χ1) is 15.9. The number of rotatable bonds is 15. The molecule has 0 radical (unpaired) electrons. The van der Waals surface area contributed by atoms with Gasteiger partial charge >= 0.3 is 5.97 Å². The largest absolute Gasteiger partial charge is 0.480 e. The first-order valence-corrected chi connectivity index (χ1v) is 13.6. The van der Waals surface area contributed by atoms with Crippen molar-refractivity contribution in [2.24, 2.45) is 0 Å². The van der Waals surface area contributed by atoms with E-state index in [1.54, 1.807) is 0 Å². The Hall–Kier alpha value is -2.43. The Kier molecular flexibility index (Phi) is 12.8. The summed E-state index contributed by atoms with van der Waals surface area (Å²) in [6.45, 7) is 8.33. The maximum atomic E-state index is 12.6. The maximum absolute atomic E-state index is 12.6. The van der Waals surface area contributed by atoms with Gasteiger partial charge in [-0.3, -0.25) is 14.9 Å². The second kappa shape index (κ2) is 14.7. The minimum Gasteiger partial charge on any atom is -0.480 e. The normalized spacial score (nSPS) is 13.4. The molecule has 0 aliphatic heterocycles. The van der Waals surface area contributed by atoms with Gasteiger partial charge in [0.15, 0.2) is 4.90 Å². The number of nitro benzene ring substituents is 1. The minimum atomic E-state index is -4.38. The van der Waals surface area contributed by atoms with E-state index in [-0.39, 0.29) is 5.75 Å². The Morgan fingerprint density at radius 1 is 1.09 bits per heavy atom. The summed E-state index contributed by atoms with van der Waals surface area (Å²) in [4.78, 5) is 21.3. The van der Waals surface area contributed by atoms with Crippen LogP contribution in [0.2, 0.25) is 0 Å². The molecular weight excluding hydrogens is 476 g/mol. The molecule has 34 heavy (non-hydrogen) atoms. The number of allylic oxidation sites excluding steroid dienone is 5. The molecule has 0 aliphatic carbocycles. The summed E-state index contributed by atoms with van der Waals surface area (Å²) in [5.41, 5.74) is 3.25. The summed E-state index contributed by atoms with van der Waals surface area (Å²) < 4.78 is 27.2. The molecule has 1 rings (SSSR count). The van der Waals surface area contributed by atoms with Crippen LogP contribution in [0.15, 0.2) is 64.1 Å². The smallest absolute Gasteiger partial charge is 0.322 e. The number of nitro groups is 1. The number of benzene rings is 1. The molecule has 0 spiro atoms. The third-order valence-electron chi connectivity index (χ3n) is 4.90. The van der Waals surface area contributed by atoms with E-state index in [1.165, 1.54) is 40.6 Å². The van der Waals surface area contributed by atoms with Gasteiger partial charge in [-0.25, -0.2) is 8.42 Å². The molecule has 0 fully saturated rings. The number of hydrogen-bond acceptors (Lipinski definition) is 6. The average molecular weight is 511 g/mol. The highest BCUT2D eigenvalue weighted by Crippen LogP contribution is 2.23. The molecule has 0 unspecified atom stereocenters. The maximum Gasteiger partial charge on any atom is 0.322 e. The fourth-order valence-corrected chi connectivity index (χ4v) is 5.43. The van der Waals surface area contributed by atoms with Crippen molar-refractivity contribution < 1.29 is 23.2 Å². The number of nitrogens with one attached hydrogen (secondary N) is 1. The second-order valence-corrected chi connectivity index (χ2v) is 11.0. The molecule has 0 aromatic heterocycles. The van der Waals surface area contributed by atoms with Crippen LogP contribution in [0.4, 0.5) is 5.69 Å². The number of nitrogens with zero attached hydrogens (tertiary/aromatic N) is 1. The Balaban J connectivity index is 2.60. The summed E-state index contributed by atoms with van der Waals surface area (Å²) in [5, 5.41) is 20.6. The van der Waals surface area contributed by atoms with Crippen molar-refractivity contribution in [2.45, 2.75) is 64.3 Å². The van der Waals surface area contributed by atoms with E-state index in [0.29, 0.717) is 5.75 Å². The SMILES string of the molecule is CC(C)=CCC/C(C)=C/CC/C(C)=C/CSC[C@H](NS(=O)(=O)c1ccccc1[N+](=O)[O-])C(=O)O. The molecule has 0 saturated carbocycles. The third-order valence-corrected chi connectivity index (χ3v) is 7.39. The number of carboxylic acid groups (broad SMARTS) is 1. The van der Waals surface area contributed by atoms with Crippen molar-refractivity contribution in [3.8, 4) is 0 Å². The van der Waals surface area contributed by atoms with Gasteiger partial charge in [0.05, 0.1) is 4.92 Å². The molecule has 0 bridgehead atoms.